The Morgan fingerprint density at radius 1 is 1.07 bits per heavy atom. The van der Waals surface area contributed by atoms with E-state index in [0.717, 1.165) is 30.6 Å². The third-order valence-corrected chi connectivity index (χ3v) is 5.54. The molecule has 1 unspecified atom stereocenters. The first-order chi connectivity index (χ1) is 13.2. The average molecular weight is 396 g/mol. The van der Waals surface area contributed by atoms with Gasteiger partial charge in [0.2, 0.25) is 11.7 Å². The fraction of sp³-hybridized carbons (Fsp3) is 0.550. The normalized spacial score (nSPS) is 25.8. The number of rotatable bonds is 5. The minimum absolute atomic E-state index is 0.0837. The summed E-state index contributed by atoms with van der Waals surface area (Å²) < 4.78 is 37.1. The molecule has 0 bridgehead atoms. The van der Waals surface area contributed by atoms with Gasteiger partial charge in [-0.3, -0.25) is 14.4 Å². The summed E-state index contributed by atoms with van der Waals surface area (Å²) >= 11 is 0. The van der Waals surface area contributed by atoms with Crippen molar-refractivity contribution in [3.63, 3.8) is 0 Å². The van der Waals surface area contributed by atoms with Gasteiger partial charge in [0.15, 0.2) is 0 Å². The lowest BCUT2D eigenvalue weighted by molar-refractivity contribution is -0.147. The van der Waals surface area contributed by atoms with Gasteiger partial charge in [-0.1, -0.05) is 30.3 Å². The van der Waals surface area contributed by atoms with Crippen molar-refractivity contribution in [2.45, 2.75) is 50.2 Å². The lowest BCUT2D eigenvalue weighted by Gasteiger charge is -2.30. The highest BCUT2D eigenvalue weighted by molar-refractivity contribution is 6.42. The molecule has 1 saturated heterocycles. The predicted octanol–water partition coefficient (Wildman–Crippen LogP) is 2.81. The maximum Gasteiger partial charge on any atom is 0.390 e. The number of ketones is 1. The molecule has 1 heterocycles. The number of halogens is 3. The monoisotopic (exact) mass is 396 g/mol. The van der Waals surface area contributed by atoms with E-state index in [-0.39, 0.29) is 12.6 Å². The van der Waals surface area contributed by atoms with E-state index < -0.39 is 42.7 Å². The van der Waals surface area contributed by atoms with Crippen molar-refractivity contribution in [3.05, 3.63) is 35.9 Å². The highest BCUT2D eigenvalue weighted by atomic mass is 19.4. The van der Waals surface area contributed by atoms with Gasteiger partial charge in [-0.25, -0.2) is 0 Å². The van der Waals surface area contributed by atoms with Crippen molar-refractivity contribution in [2.75, 3.05) is 13.1 Å². The first-order valence-electron chi connectivity index (χ1n) is 9.50. The summed E-state index contributed by atoms with van der Waals surface area (Å²) in [6, 6.07) is 10.0. The van der Waals surface area contributed by atoms with Crippen LogP contribution in [0.5, 0.6) is 0 Å². The molecule has 0 aromatic heterocycles. The minimum atomic E-state index is -4.42. The highest BCUT2D eigenvalue weighted by Crippen LogP contribution is 2.33. The summed E-state index contributed by atoms with van der Waals surface area (Å²) in [6.45, 7) is -0.876. The van der Waals surface area contributed by atoms with E-state index in [1.165, 1.54) is 5.56 Å². The SMILES string of the molecule is O=C(NC1CCC(c2ccccc2)CC1)C1CN(CCC(F)(F)F)C(=O)C1=O. The number of benzene rings is 1. The molecule has 1 aromatic rings. The van der Waals surface area contributed by atoms with Gasteiger partial charge in [0, 0.05) is 19.1 Å². The first-order valence-corrected chi connectivity index (χ1v) is 9.50. The third kappa shape index (κ3) is 4.91. The summed E-state index contributed by atoms with van der Waals surface area (Å²) in [4.78, 5) is 37.1. The largest absolute Gasteiger partial charge is 0.390 e. The number of hydrogen-bond donors (Lipinski definition) is 1. The zero-order chi connectivity index (χ0) is 20.3. The standard InChI is InChI=1S/C20H23F3N2O3/c21-20(22,23)10-11-25-12-16(17(26)19(25)28)18(27)24-15-8-6-14(7-9-15)13-4-2-1-3-5-13/h1-5,14-16H,6-12H2,(H,24,27). The number of alkyl halides is 3. The second-order valence-corrected chi connectivity index (χ2v) is 7.50. The Bertz CT molecular complexity index is 728. The van der Waals surface area contributed by atoms with E-state index >= 15 is 0 Å². The van der Waals surface area contributed by atoms with Crippen molar-refractivity contribution in [1.29, 1.82) is 0 Å². The van der Waals surface area contributed by atoms with Gasteiger partial charge >= 0.3 is 6.18 Å². The van der Waals surface area contributed by atoms with Gasteiger partial charge in [-0.15, -0.1) is 0 Å². The van der Waals surface area contributed by atoms with Crippen LogP contribution in [0.15, 0.2) is 30.3 Å². The first kappa shape index (κ1) is 20.4. The van der Waals surface area contributed by atoms with Crippen LogP contribution in [0.3, 0.4) is 0 Å². The molecule has 1 aliphatic heterocycles. The molecule has 1 N–H and O–H groups in total. The zero-order valence-electron chi connectivity index (χ0n) is 15.4. The molecule has 8 heteroatoms. The number of carbonyl (C=O) groups is 3. The Morgan fingerprint density at radius 3 is 2.32 bits per heavy atom. The van der Waals surface area contributed by atoms with E-state index in [0.29, 0.717) is 5.92 Å². The molecular weight excluding hydrogens is 373 g/mol. The number of nitrogens with zero attached hydrogens (tertiary/aromatic N) is 1. The van der Waals surface area contributed by atoms with Gasteiger partial charge in [-0.2, -0.15) is 13.2 Å². The fourth-order valence-corrected chi connectivity index (χ4v) is 3.95. The van der Waals surface area contributed by atoms with Gasteiger partial charge in [0.05, 0.1) is 6.42 Å². The summed E-state index contributed by atoms with van der Waals surface area (Å²) in [5.74, 6) is -3.26. The Balaban J connectivity index is 1.50. The van der Waals surface area contributed by atoms with Crippen LogP contribution in [0.25, 0.3) is 0 Å². The second-order valence-electron chi connectivity index (χ2n) is 7.50. The van der Waals surface area contributed by atoms with Crippen LogP contribution in [-0.2, 0) is 14.4 Å². The number of carbonyl (C=O) groups excluding carboxylic acids is 3. The maximum atomic E-state index is 12.4. The maximum absolute atomic E-state index is 12.4. The zero-order valence-corrected chi connectivity index (χ0v) is 15.4. The number of hydrogen-bond acceptors (Lipinski definition) is 3. The number of likely N-dealkylation sites (tertiary alicyclic amines) is 1. The van der Waals surface area contributed by atoms with Gasteiger partial charge in [0.1, 0.15) is 5.92 Å². The van der Waals surface area contributed by atoms with E-state index in [9.17, 15) is 27.6 Å². The van der Waals surface area contributed by atoms with Crippen LogP contribution >= 0.6 is 0 Å². The van der Waals surface area contributed by atoms with Crippen molar-refractivity contribution in [3.8, 4) is 0 Å². The summed E-state index contributed by atoms with van der Waals surface area (Å²) in [6.07, 6.45) is -2.27. The van der Waals surface area contributed by atoms with Gasteiger partial charge in [-0.05, 0) is 37.2 Å². The van der Waals surface area contributed by atoms with E-state index in [4.69, 9.17) is 0 Å². The van der Waals surface area contributed by atoms with Gasteiger partial charge < -0.3 is 10.2 Å². The van der Waals surface area contributed by atoms with Crippen molar-refractivity contribution in [2.24, 2.45) is 5.92 Å². The van der Waals surface area contributed by atoms with Gasteiger partial charge in [0.25, 0.3) is 5.91 Å². The molecule has 5 nitrogen and oxygen atoms in total. The fourth-order valence-electron chi connectivity index (χ4n) is 3.95. The highest BCUT2D eigenvalue weighted by Gasteiger charge is 2.44. The number of nitrogens with one attached hydrogen (secondary N) is 1. The topological polar surface area (TPSA) is 66.5 Å². The molecule has 1 aliphatic carbocycles. The van der Waals surface area contributed by atoms with Crippen LogP contribution in [0.2, 0.25) is 0 Å². The Labute approximate surface area is 161 Å². The molecule has 0 spiro atoms. The van der Waals surface area contributed by atoms with Crippen molar-refractivity contribution < 1.29 is 27.6 Å². The lowest BCUT2D eigenvalue weighted by atomic mass is 9.81. The van der Waals surface area contributed by atoms with Crippen LogP contribution < -0.4 is 5.32 Å². The van der Waals surface area contributed by atoms with Crippen LogP contribution in [-0.4, -0.2) is 47.8 Å². The molecule has 1 atom stereocenters. The Hall–Kier alpha value is -2.38. The average Bonchev–Trinajstić information content (AvgIpc) is 2.95. The number of amides is 2. The molecule has 2 aliphatic rings. The predicted molar refractivity (Wildman–Crippen MR) is 95.3 cm³/mol. The summed E-state index contributed by atoms with van der Waals surface area (Å²) in [5, 5.41) is 2.82. The molecule has 0 radical (unpaired) electrons. The second kappa shape index (κ2) is 8.32. The molecule has 3 rings (SSSR count). The summed E-state index contributed by atoms with van der Waals surface area (Å²) in [7, 11) is 0. The van der Waals surface area contributed by atoms with Crippen LogP contribution in [0, 0.1) is 5.92 Å². The van der Waals surface area contributed by atoms with E-state index in [2.05, 4.69) is 17.4 Å². The molecule has 28 heavy (non-hydrogen) atoms. The molecular formula is C20H23F3N2O3. The van der Waals surface area contributed by atoms with E-state index in [1.807, 2.05) is 18.2 Å². The Morgan fingerprint density at radius 2 is 1.71 bits per heavy atom. The lowest BCUT2D eigenvalue weighted by Crippen LogP contribution is -2.43. The van der Waals surface area contributed by atoms with Crippen LogP contribution in [0.1, 0.15) is 43.6 Å². The number of Topliss-reactive ketones (excluding diaryl/α,β-unsaturated/α-hetero) is 1. The third-order valence-electron chi connectivity index (χ3n) is 5.54. The quantitative estimate of drug-likeness (QED) is 0.615. The molecule has 1 saturated carbocycles. The summed E-state index contributed by atoms with van der Waals surface area (Å²) in [5.41, 5.74) is 1.27. The smallest absolute Gasteiger partial charge is 0.353 e. The molecule has 2 fully saturated rings. The van der Waals surface area contributed by atoms with Crippen molar-refractivity contribution in [1.82, 2.24) is 10.2 Å². The molecule has 2 amide bonds. The van der Waals surface area contributed by atoms with E-state index in [1.54, 1.807) is 0 Å². The Kier molecular flexibility index (Phi) is 6.05. The molecule has 1 aromatic carbocycles. The minimum Gasteiger partial charge on any atom is -0.353 e. The van der Waals surface area contributed by atoms with Crippen LogP contribution in [0.4, 0.5) is 13.2 Å². The molecule has 152 valence electrons. The van der Waals surface area contributed by atoms with Crippen molar-refractivity contribution >= 4 is 17.6 Å².